The van der Waals surface area contributed by atoms with Gasteiger partial charge in [-0.05, 0) is 42.7 Å². The predicted molar refractivity (Wildman–Crippen MR) is 81.7 cm³/mol. The van der Waals surface area contributed by atoms with Gasteiger partial charge in [-0.15, -0.1) is 0 Å². The molecule has 5 heteroatoms. The van der Waals surface area contributed by atoms with Crippen molar-refractivity contribution in [3.8, 4) is 5.75 Å². The number of carbonyl (C=O) groups excluding carboxylic acids is 2. The zero-order chi connectivity index (χ0) is 15.7. The van der Waals surface area contributed by atoms with Crippen LogP contribution in [0.2, 0.25) is 0 Å². The number of esters is 1. The van der Waals surface area contributed by atoms with Crippen LogP contribution in [0.5, 0.6) is 5.75 Å². The van der Waals surface area contributed by atoms with Gasteiger partial charge in [-0.25, -0.2) is 4.79 Å². The summed E-state index contributed by atoms with van der Waals surface area (Å²) in [6.45, 7) is 1.52. The third kappa shape index (κ3) is 3.03. The standard InChI is InChI=1S/C17H17NO4/c1-10(16(20)18-13-6-7-13)22-17(21)14-8-11-4-2-3-5-12(11)9-15(14)19/h2-5,8-10,13,19H,6-7H2,1H3,(H,18,20)/t10-/m0/s1. The smallest absolute Gasteiger partial charge is 0.342 e. The Morgan fingerprint density at radius 1 is 1.23 bits per heavy atom. The quantitative estimate of drug-likeness (QED) is 0.850. The van der Waals surface area contributed by atoms with Gasteiger partial charge < -0.3 is 15.2 Å². The van der Waals surface area contributed by atoms with Crippen LogP contribution in [0, 0.1) is 0 Å². The highest BCUT2D eigenvalue weighted by Gasteiger charge is 2.27. The summed E-state index contributed by atoms with van der Waals surface area (Å²) >= 11 is 0. The molecular formula is C17H17NO4. The highest BCUT2D eigenvalue weighted by atomic mass is 16.5. The van der Waals surface area contributed by atoms with Gasteiger partial charge in [-0.3, -0.25) is 4.79 Å². The second-order valence-electron chi connectivity index (χ2n) is 5.55. The van der Waals surface area contributed by atoms with Crippen molar-refractivity contribution in [2.75, 3.05) is 0 Å². The van der Waals surface area contributed by atoms with Crippen molar-refractivity contribution in [3.63, 3.8) is 0 Å². The van der Waals surface area contributed by atoms with Crippen LogP contribution in [0.3, 0.4) is 0 Å². The second-order valence-corrected chi connectivity index (χ2v) is 5.55. The Balaban J connectivity index is 1.76. The summed E-state index contributed by atoms with van der Waals surface area (Å²) in [5.74, 6) is -1.17. The molecule has 1 aliphatic rings. The first-order valence-electron chi connectivity index (χ1n) is 7.27. The summed E-state index contributed by atoms with van der Waals surface area (Å²) in [7, 11) is 0. The zero-order valence-corrected chi connectivity index (χ0v) is 12.2. The monoisotopic (exact) mass is 299 g/mol. The van der Waals surface area contributed by atoms with Gasteiger partial charge in [-0.2, -0.15) is 0 Å². The lowest BCUT2D eigenvalue weighted by Crippen LogP contribution is -2.37. The van der Waals surface area contributed by atoms with Gasteiger partial charge in [0.15, 0.2) is 6.10 Å². The van der Waals surface area contributed by atoms with Crippen molar-refractivity contribution in [1.82, 2.24) is 5.32 Å². The van der Waals surface area contributed by atoms with E-state index in [4.69, 9.17) is 4.74 Å². The Labute approximate surface area is 127 Å². The third-order valence-electron chi connectivity index (χ3n) is 3.66. The van der Waals surface area contributed by atoms with E-state index in [0.717, 1.165) is 23.6 Å². The van der Waals surface area contributed by atoms with E-state index in [0.29, 0.717) is 0 Å². The molecular weight excluding hydrogens is 282 g/mol. The molecule has 114 valence electrons. The van der Waals surface area contributed by atoms with E-state index >= 15 is 0 Å². The zero-order valence-electron chi connectivity index (χ0n) is 12.2. The molecule has 1 atom stereocenters. The molecule has 1 amide bonds. The lowest BCUT2D eigenvalue weighted by molar-refractivity contribution is -0.129. The number of hydrogen-bond acceptors (Lipinski definition) is 4. The van der Waals surface area contributed by atoms with Crippen LogP contribution in [0.4, 0.5) is 0 Å². The maximum Gasteiger partial charge on any atom is 0.342 e. The summed E-state index contributed by atoms with van der Waals surface area (Å²) in [5, 5.41) is 14.4. The Kier molecular flexibility index (Phi) is 3.71. The maximum atomic E-state index is 12.2. The number of benzene rings is 2. The van der Waals surface area contributed by atoms with Gasteiger partial charge in [0.05, 0.1) is 0 Å². The number of fused-ring (bicyclic) bond motifs is 1. The molecule has 2 N–H and O–H groups in total. The maximum absolute atomic E-state index is 12.2. The van der Waals surface area contributed by atoms with Crippen LogP contribution in [0.25, 0.3) is 10.8 Å². The fourth-order valence-corrected chi connectivity index (χ4v) is 2.22. The van der Waals surface area contributed by atoms with Crippen LogP contribution < -0.4 is 5.32 Å². The van der Waals surface area contributed by atoms with Gasteiger partial charge in [0, 0.05) is 6.04 Å². The molecule has 1 fully saturated rings. The minimum absolute atomic E-state index is 0.0600. The van der Waals surface area contributed by atoms with Crippen LogP contribution in [0.1, 0.15) is 30.1 Å². The van der Waals surface area contributed by atoms with Crippen molar-refractivity contribution in [3.05, 3.63) is 42.0 Å². The van der Waals surface area contributed by atoms with E-state index in [-0.39, 0.29) is 23.3 Å². The van der Waals surface area contributed by atoms with Crippen LogP contribution in [0.15, 0.2) is 36.4 Å². The molecule has 3 rings (SSSR count). The Morgan fingerprint density at radius 3 is 2.50 bits per heavy atom. The molecule has 0 heterocycles. The van der Waals surface area contributed by atoms with E-state index in [1.54, 1.807) is 6.07 Å². The van der Waals surface area contributed by atoms with Crippen molar-refractivity contribution in [1.29, 1.82) is 0 Å². The molecule has 2 aromatic carbocycles. The van der Waals surface area contributed by atoms with Crippen molar-refractivity contribution in [2.45, 2.75) is 31.9 Å². The normalized spacial score (nSPS) is 15.3. The van der Waals surface area contributed by atoms with Crippen LogP contribution in [-0.4, -0.2) is 29.1 Å². The number of phenols is 1. The highest BCUT2D eigenvalue weighted by Crippen LogP contribution is 2.26. The molecule has 0 spiro atoms. The number of ether oxygens (including phenoxy) is 1. The summed E-state index contributed by atoms with van der Waals surface area (Å²) in [5.41, 5.74) is 0.0600. The van der Waals surface area contributed by atoms with E-state index in [1.807, 2.05) is 24.3 Å². The largest absolute Gasteiger partial charge is 0.507 e. The molecule has 1 aliphatic carbocycles. The number of nitrogens with one attached hydrogen (secondary N) is 1. The van der Waals surface area contributed by atoms with E-state index in [1.165, 1.54) is 13.0 Å². The predicted octanol–water partition coefficient (Wildman–Crippen LogP) is 2.37. The minimum Gasteiger partial charge on any atom is -0.507 e. The summed E-state index contributed by atoms with van der Waals surface area (Å²) in [6.07, 6.45) is 1.05. The van der Waals surface area contributed by atoms with E-state index in [2.05, 4.69) is 5.32 Å². The molecule has 0 aliphatic heterocycles. The van der Waals surface area contributed by atoms with Gasteiger partial charge in [-0.1, -0.05) is 24.3 Å². The number of amides is 1. The summed E-state index contributed by atoms with van der Waals surface area (Å²) in [6, 6.07) is 10.7. The number of phenolic OH excluding ortho intramolecular Hbond substituents is 1. The molecule has 0 bridgehead atoms. The summed E-state index contributed by atoms with van der Waals surface area (Å²) in [4.78, 5) is 24.0. The highest BCUT2D eigenvalue weighted by molar-refractivity contribution is 5.99. The number of hydrogen-bond donors (Lipinski definition) is 2. The molecule has 0 radical (unpaired) electrons. The lowest BCUT2D eigenvalue weighted by atomic mass is 10.1. The van der Waals surface area contributed by atoms with Crippen LogP contribution >= 0.6 is 0 Å². The lowest BCUT2D eigenvalue weighted by Gasteiger charge is -2.14. The first-order chi connectivity index (χ1) is 10.5. The average Bonchev–Trinajstić information content (AvgIpc) is 3.30. The summed E-state index contributed by atoms with van der Waals surface area (Å²) < 4.78 is 5.15. The first-order valence-corrected chi connectivity index (χ1v) is 7.27. The Hall–Kier alpha value is -2.56. The molecule has 5 nitrogen and oxygen atoms in total. The Bertz CT molecular complexity index is 737. The number of rotatable bonds is 4. The van der Waals surface area contributed by atoms with E-state index in [9.17, 15) is 14.7 Å². The third-order valence-corrected chi connectivity index (χ3v) is 3.66. The van der Waals surface area contributed by atoms with Crippen molar-refractivity contribution in [2.24, 2.45) is 0 Å². The average molecular weight is 299 g/mol. The number of carbonyl (C=O) groups is 2. The minimum atomic E-state index is -0.890. The van der Waals surface area contributed by atoms with Gasteiger partial charge in [0.2, 0.25) is 0 Å². The molecule has 22 heavy (non-hydrogen) atoms. The molecule has 0 aromatic heterocycles. The van der Waals surface area contributed by atoms with Gasteiger partial charge in [0.25, 0.3) is 5.91 Å². The Morgan fingerprint density at radius 2 is 1.86 bits per heavy atom. The van der Waals surface area contributed by atoms with Gasteiger partial charge >= 0.3 is 5.97 Å². The van der Waals surface area contributed by atoms with E-state index < -0.39 is 12.1 Å². The topological polar surface area (TPSA) is 75.6 Å². The first kappa shape index (κ1) is 14.4. The second kappa shape index (κ2) is 5.67. The molecule has 2 aromatic rings. The van der Waals surface area contributed by atoms with Crippen molar-refractivity contribution < 1.29 is 19.4 Å². The molecule has 1 saturated carbocycles. The molecule has 0 saturated heterocycles. The number of aromatic hydroxyl groups is 1. The molecule has 0 unspecified atom stereocenters. The van der Waals surface area contributed by atoms with Crippen LogP contribution in [-0.2, 0) is 9.53 Å². The SMILES string of the molecule is C[C@H](OC(=O)c1cc2ccccc2cc1O)C(=O)NC1CC1. The fourth-order valence-electron chi connectivity index (χ4n) is 2.22. The fraction of sp³-hybridized carbons (Fsp3) is 0.294. The van der Waals surface area contributed by atoms with Gasteiger partial charge in [0.1, 0.15) is 11.3 Å². The van der Waals surface area contributed by atoms with Crippen molar-refractivity contribution >= 4 is 22.6 Å².